The Morgan fingerprint density at radius 3 is 1.92 bits per heavy atom. The van der Waals surface area contributed by atoms with Crippen LogP contribution in [0.5, 0.6) is 0 Å². The van der Waals surface area contributed by atoms with E-state index in [1.807, 2.05) is 135 Å². The van der Waals surface area contributed by atoms with E-state index in [4.69, 9.17) is 23.6 Å². The van der Waals surface area contributed by atoms with Gasteiger partial charge in [-0.3, -0.25) is 19.0 Å². The number of ether oxygens (including phenoxy) is 3. The number of Topliss-reactive ketones (excluding diaryl/α,β-unsaturated/α-hetero) is 1. The second-order valence-electron chi connectivity index (χ2n) is 18.0. The third-order valence-corrected chi connectivity index (χ3v) is 22.8. The highest BCUT2D eigenvalue weighted by atomic mass is 32.1. The van der Waals surface area contributed by atoms with E-state index in [0.717, 1.165) is 15.9 Å². The Balaban J connectivity index is 1.47. The molecule has 6 aromatic rings. The number of benzene rings is 3. The molecule has 0 N–H and O–H groups in total. The Bertz CT molecular complexity index is 2610. The molecule has 346 valence electrons. The molecule has 4 heterocycles. The molecule has 0 bridgehead atoms. The number of hydrogen-bond acceptors (Lipinski definition) is 10. The van der Waals surface area contributed by atoms with Crippen LogP contribution >= 0.6 is 18.2 Å². The molecule has 3 aromatic carbocycles. The molecule has 0 radical (unpaired) electrons. The van der Waals surface area contributed by atoms with Gasteiger partial charge in [-0.05, 0) is 60.9 Å². The van der Waals surface area contributed by atoms with Gasteiger partial charge in [0.05, 0.1) is 22.9 Å². The first-order valence-electron chi connectivity index (χ1n) is 22.5. The maximum Gasteiger partial charge on any atom is 0.356 e. The van der Waals surface area contributed by atoms with Crippen LogP contribution in [0.15, 0.2) is 141 Å². The van der Waals surface area contributed by atoms with E-state index >= 15 is 14.4 Å². The van der Waals surface area contributed by atoms with Gasteiger partial charge >= 0.3 is 5.97 Å². The number of aromatic nitrogens is 3. The largest absolute Gasteiger partial charge is 0.457 e. The quantitative estimate of drug-likeness (QED) is 0.0149. The third kappa shape index (κ3) is 8.73. The number of β-lactam (4-membered cyclic amide) rings is 1. The number of carbonyl (C=O) groups is 3. The van der Waals surface area contributed by atoms with Crippen LogP contribution in [0.2, 0.25) is 18.1 Å². The van der Waals surface area contributed by atoms with Crippen molar-refractivity contribution >= 4 is 70.4 Å². The van der Waals surface area contributed by atoms with Crippen LogP contribution < -0.4 is 15.9 Å². The summed E-state index contributed by atoms with van der Waals surface area (Å²) in [5, 5.41) is 2.38. The number of ketones is 1. The molecule has 0 spiro atoms. The van der Waals surface area contributed by atoms with Crippen molar-refractivity contribution in [3.63, 3.8) is 0 Å². The number of fused-ring (bicyclic) bond motifs is 1. The van der Waals surface area contributed by atoms with Gasteiger partial charge in [0.1, 0.15) is 28.9 Å². The molecule has 7 rings (SSSR count). The lowest BCUT2D eigenvalue weighted by atomic mass is 9.75. The summed E-state index contributed by atoms with van der Waals surface area (Å²) >= 11 is 1.28. The normalized spacial score (nSPS) is 16.7. The molecule has 11 nitrogen and oxygen atoms in total. The number of esters is 1. The van der Waals surface area contributed by atoms with Crippen LogP contribution in [-0.4, -0.2) is 82.6 Å². The van der Waals surface area contributed by atoms with Crippen molar-refractivity contribution in [2.75, 3.05) is 19.8 Å². The lowest BCUT2D eigenvalue weighted by Crippen LogP contribution is -2.71. The summed E-state index contributed by atoms with van der Waals surface area (Å²) in [5.74, 6) is -4.16. The van der Waals surface area contributed by atoms with Crippen molar-refractivity contribution in [3.8, 4) is 0 Å². The van der Waals surface area contributed by atoms with Crippen molar-refractivity contribution in [2.24, 2.45) is 11.8 Å². The first kappa shape index (κ1) is 48.7. The predicted molar refractivity (Wildman–Crippen MR) is 268 cm³/mol. The first-order valence-corrected chi connectivity index (χ1v) is 28.0. The summed E-state index contributed by atoms with van der Waals surface area (Å²) in [4.78, 5) is 58.2. The molecule has 3 aromatic heterocycles. The van der Waals surface area contributed by atoms with Gasteiger partial charge in [-0.2, -0.15) is 0 Å². The highest BCUT2D eigenvalue weighted by Crippen LogP contribution is 2.52. The minimum Gasteiger partial charge on any atom is -0.457 e. The summed E-state index contributed by atoms with van der Waals surface area (Å²) < 4.78 is 27.7. The zero-order valence-electron chi connectivity index (χ0n) is 39.3. The minimum atomic E-state index is -3.28. The smallest absolute Gasteiger partial charge is 0.356 e. The average Bonchev–Trinajstić information content (AvgIpc) is 3.92. The molecule has 1 fully saturated rings. The molecule has 4 atom stereocenters. The van der Waals surface area contributed by atoms with Crippen molar-refractivity contribution in [1.82, 2.24) is 19.3 Å². The Morgan fingerprint density at radius 1 is 0.879 bits per heavy atom. The van der Waals surface area contributed by atoms with Crippen molar-refractivity contribution < 1.29 is 33.0 Å². The number of amides is 1. The number of thiazole rings is 1. The fourth-order valence-corrected chi connectivity index (χ4v) is 15.8. The molecule has 14 heteroatoms. The number of nitrogens with zero attached hydrogens (tertiary/aromatic N) is 4. The zero-order chi connectivity index (χ0) is 47.4. The van der Waals surface area contributed by atoms with Crippen LogP contribution in [0.25, 0.3) is 4.83 Å². The van der Waals surface area contributed by atoms with Crippen LogP contribution in [0.3, 0.4) is 0 Å². The van der Waals surface area contributed by atoms with Crippen LogP contribution in [-0.2, 0) is 34.0 Å². The number of likely N-dealkylation sites (tertiary alicyclic amines) is 1. The SMILES string of the molecule is C=CCOC(=O)C(N1C(=O)[C@H]([C@H](C)O[Si](C)(C)C(C)(C)C)[C@H]1[C@@H](C)C(=O)c1cn2cnc(C(OCC)(OCC)c3cccnc3)c2s1)=P(c1ccccc1)(c1ccccc1)c1ccccc1. The van der Waals surface area contributed by atoms with E-state index < -0.39 is 50.9 Å². The molecule has 0 unspecified atom stereocenters. The van der Waals surface area contributed by atoms with Crippen LogP contribution in [0, 0.1) is 11.8 Å². The topological polar surface area (TPSA) is 122 Å². The van der Waals surface area contributed by atoms with E-state index in [9.17, 15) is 0 Å². The lowest BCUT2D eigenvalue weighted by Gasteiger charge is -2.54. The molecule has 1 amide bonds. The lowest BCUT2D eigenvalue weighted by molar-refractivity contribution is -0.214. The Labute approximate surface area is 393 Å². The van der Waals surface area contributed by atoms with Gasteiger partial charge in [-0.25, -0.2) is 9.78 Å². The first-order chi connectivity index (χ1) is 31.6. The highest BCUT2D eigenvalue weighted by Gasteiger charge is 2.59. The highest BCUT2D eigenvalue weighted by molar-refractivity contribution is 7.96. The molecule has 0 aliphatic carbocycles. The summed E-state index contributed by atoms with van der Waals surface area (Å²) in [6, 6.07) is 32.5. The summed E-state index contributed by atoms with van der Waals surface area (Å²) in [7, 11) is -2.46. The number of hydrogen-bond donors (Lipinski definition) is 0. The molecule has 0 saturated carbocycles. The monoisotopic (exact) mass is 944 g/mol. The number of rotatable bonds is 19. The van der Waals surface area contributed by atoms with Gasteiger partial charge in [-0.15, -0.1) is 11.3 Å². The Morgan fingerprint density at radius 2 is 1.44 bits per heavy atom. The van der Waals surface area contributed by atoms with Crippen LogP contribution in [0.4, 0.5) is 0 Å². The summed E-state index contributed by atoms with van der Waals surface area (Å²) in [5.41, 5.74) is 1.35. The molecular weight excluding hydrogens is 884 g/mol. The molecular formula is C52H61N4O7PSSi. The number of pyridine rings is 1. The van der Waals surface area contributed by atoms with E-state index in [1.54, 1.807) is 29.8 Å². The Hall–Kier alpha value is -5.27. The molecule has 1 aliphatic heterocycles. The maximum absolute atomic E-state index is 15.6. The van der Waals surface area contributed by atoms with Gasteiger partial charge in [0, 0.05) is 50.2 Å². The average molecular weight is 945 g/mol. The fourth-order valence-electron chi connectivity index (χ4n) is 8.84. The molecule has 1 saturated heterocycles. The second-order valence-corrected chi connectivity index (χ2v) is 27.1. The number of carbonyl (C=O) groups excluding carboxylic acids is 3. The summed E-state index contributed by atoms with van der Waals surface area (Å²) in [6.45, 7) is 19.5. The third-order valence-electron chi connectivity index (χ3n) is 12.9. The van der Waals surface area contributed by atoms with Gasteiger partial charge in [-0.1, -0.05) is 137 Å². The standard InChI is InChI=1S/C52H61N4O7PSSi/c1-11-32-60-50(59)48(64(39-25-17-14-18-26-39,40-27-19-15-20-28-40)41-29-21-16-22-30-41)56-44(43(47(56)58)37(5)63-66(9,10)51(6,7)8)36(4)45(57)42-34-55-35-54-46(49(55)65-42)52(61-12-2,62-13-3)38-24-23-31-53-33-38/h11,14-31,33-37,43-44H,1,12-13,32H2,2-10H3/t36-,37+,43-,44-/m1/s1. The van der Waals surface area contributed by atoms with E-state index in [2.05, 4.69) is 45.4 Å². The van der Waals surface area contributed by atoms with Gasteiger partial charge in [0.15, 0.2) is 14.1 Å². The van der Waals surface area contributed by atoms with Gasteiger partial charge in [0.25, 0.3) is 0 Å². The van der Waals surface area contributed by atoms with Crippen molar-refractivity contribution in [1.29, 1.82) is 0 Å². The van der Waals surface area contributed by atoms with E-state index in [-0.39, 0.29) is 28.8 Å². The molecule has 66 heavy (non-hydrogen) atoms. The van der Waals surface area contributed by atoms with E-state index in [1.165, 1.54) is 17.4 Å². The maximum atomic E-state index is 15.6. The zero-order valence-corrected chi connectivity index (χ0v) is 42.1. The van der Waals surface area contributed by atoms with Crippen molar-refractivity contribution in [3.05, 3.63) is 157 Å². The predicted octanol–water partition coefficient (Wildman–Crippen LogP) is 8.97. The van der Waals surface area contributed by atoms with Gasteiger partial charge < -0.3 is 23.5 Å². The number of imidazole rings is 1. The van der Waals surface area contributed by atoms with E-state index in [0.29, 0.717) is 34.2 Å². The van der Waals surface area contributed by atoms with Crippen LogP contribution in [0.1, 0.15) is 69.4 Å². The van der Waals surface area contributed by atoms with Crippen molar-refractivity contribution in [2.45, 2.75) is 84.5 Å². The fraction of sp³-hybridized carbons (Fsp3) is 0.346. The molecule has 1 aliphatic rings. The second kappa shape index (κ2) is 19.9. The summed E-state index contributed by atoms with van der Waals surface area (Å²) in [6.07, 6.45) is 7.74. The minimum absolute atomic E-state index is 0.0847. The van der Waals surface area contributed by atoms with Gasteiger partial charge in [0.2, 0.25) is 11.7 Å². The Kier molecular flexibility index (Phi) is 14.7.